The molecule has 1 heterocycles. The molecule has 0 saturated carbocycles. The molecule has 0 radical (unpaired) electrons. The first-order chi connectivity index (χ1) is 13.5. The predicted molar refractivity (Wildman–Crippen MR) is 107 cm³/mol. The molecular formula is C23H26N2O3. The maximum atomic E-state index is 13.4. The van der Waals surface area contributed by atoms with Crippen molar-refractivity contribution in [2.45, 2.75) is 45.1 Å². The van der Waals surface area contributed by atoms with Gasteiger partial charge in [0.15, 0.2) is 0 Å². The van der Waals surface area contributed by atoms with Crippen molar-refractivity contribution in [3.05, 3.63) is 64.7 Å². The summed E-state index contributed by atoms with van der Waals surface area (Å²) < 4.78 is 5.87. The third kappa shape index (κ3) is 3.15. The summed E-state index contributed by atoms with van der Waals surface area (Å²) in [5.74, 6) is 0.637. The fourth-order valence-corrected chi connectivity index (χ4v) is 4.29. The number of urea groups is 1. The summed E-state index contributed by atoms with van der Waals surface area (Å²) in [5, 5.41) is 3.02. The minimum atomic E-state index is -0.927. The third-order valence-corrected chi connectivity index (χ3v) is 5.82. The molecular weight excluding hydrogens is 352 g/mol. The molecule has 1 spiro atoms. The monoisotopic (exact) mass is 378 g/mol. The van der Waals surface area contributed by atoms with E-state index in [2.05, 4.69) is 11.4 Å². The number of benzene rings is 2. The maximum Gasteiger partial charge on any atom is 0.325 e. The van der Waals surface area contributed by atoms with E-state index in [0.717, 1.165) is 47.3 Å². The molecule has 146 valence electrons. The van der Waals surface area contributed by atoms with Crippen molar-refractivity contribution in [3.63, 3.8) is 0 Å². The Balaban J connectivity index is 1.52. The van der Waals surface area contributed by atoms with Crippen molar-refractivity contribution in [2.24, 2.45) is 0 Å². The van der Waals surface area contributed by atoms with Crippen molar-refractivity contribution in [1.29, 1.82) is 0 Å². The van der Waals surface area contributed by atoms with Crippen molar-refractivity contribution in [3.8, 4) is 5.75 Å². The standard InChI is InChI=1S/C23H26N2O3/c1-16-10-11-17(2)20(15-16)28-14-13-25-21(26)23(24-22(25)27)12-6-5-8-18-7-3-4-9-19(18)23/h3-4,7,9-11,15H,5-6,8,12-14H2,1-2H3,(H,24,27)/t23-/m0/s1. The van der Waals surface area contributed by atoms with E-state index in [1.807, 2.05) is 50.2 Å². The quantitative estimate of drug-likeness (QED) is 0.822. The summed E-state index contributed by atoms with van der Waals surface area (Å²) in [4.78, 5) is 27.4. The van der Waals surface area contributed by atoms with Gasteiger partial charge in [-0.2, -0.15) is 0 Å². The molecule has 2 aromatic rings. The van der Waals surface area contributed by atoms with Gasteiger partial charge in [-0.1, -0.05) is 36.4 Å². The van der Waals surface area contributed by atoms with Crippen LogP contribution in [-0.4, -0.2) is 30.0 Å². The zero-order valence-corrected chi connectivity index (χ0v) is 16.5. The first-order valence-electron chi connectivity index (χ1n) is 9.94. The SMILES string of the molecule is Cc1ccc(C)c(OCCN2C(=O)N[C@]3(CCCCc4ccccc43)C2=O)c1. The van der Waals surface area contributed by atoms with Gasteiger partial charge in [0.2, 0.25) is 0 Å². The lowest BCUT2D eigenvalue weighted by molar-refractivity contribution is -0.132. The molecule has 28 heavy (non-hydrogen) atoms. The van der Waals surface area contributed by atoms with Crippen LogP contribution in [0.5, 0.6) is 5.75 Å². The number of hydrogen-bond acceptors (Lipinski definition) is 3. The molecule has 1 atom stereocenters. The number of rotatable bonds is 4. The Labute approximate surface area is 165 Å². The van der Waals surface area contributed by atoms with Crippen LogP contribution in [0.4, 0.5) is 4.79 Å². The largest absolute Gasteiger partial charge is 0.491 e. The predicted octanol–water partition coefficient (Wildman–Crippen LogP) is 3.86. The van der Waals surface area contributed by atoms with E-state index < -0.39 is 5.54 Å². The van der Waals surface area contributed by atoms with Gasteiger partial charge in [0.05, 0.1) is 6.54 Å². The Hall–Kier alpha value is -2.82. The lowest BCUT2D eigenvalue weighted by Gasteiger charge is -2.27. The fourth-order valence-electron chi connectivity index (χ4n) is 4.29. The molecule has 5 heteroatoms. The number of aryl methyl sites for hydroxylation is 3. The number of carbonyl (C=O) groups is 2. The molecule has 1 fully saturated rings. The van der Waals surface area contributed by atoms with Crippen LogP contribution in [0, 0.1) is 13.8 Å². The number of fused-ring (bicyclic) bond motifs is 2. The third-order valence-electron chi connectivity index (χ3n) is 5.82. The van der Waals surface area contributed by atoms with Gasteiger partial charge in [0, 0.05) is 0 Å². The summed E-state index contributed by atoms with van der Waals surface area (Å²) in [6.07, 6.45) is 3.52. The van der Waals surface area contributed by atoms with Gasteiger partial charge in [0.1, 0.15) is 17.9 Å². The number of hydrogen-bond donors (Lipinski definition) is 1. The van der Waals surface area contributed by atoms with Gasteiger partial charge in [-0.3, -0.25) is 9.69 Å². The van der Waals surface area contributed by atoms with Crippen molar-refractivity contribution in [2.75, 3.05) is 13.2 Å². The Morgan fingerprint density at radius 1 is 1.11 bits per heavy atom. The lowest BCUT2D eigenvalue weighted by Crippen LogP contribution is -2.44. The fraction of sp³-hybridized carbons (Fsp3) is 0.391. The molecule has 1 aliphatic carbocycles. The maximum absolute atomic E-state index is 13.4. The Bertz CT molecular complexity index is 924. The average Bonchev–Trinajstić information content (AvgIpc) is 2.82. The van der Waals surface area contributed by atoms with Crippen molar-refractivity contribution < 1.29 is 14.3 Å². The van der Waals surface area contributed by atoms with Crippen LogP contribution in [0.1, 0.15) is 41.5 Å². The van der Waals surface area contributed by atoms with Gasteiger partial charge in [-0.15, -0.1) is 0 Å². The molecule has 2 aromatic carbocycles. The minimum absolute atomic E-state index is 0.156. The zero-order chi connectivity index (χ0) is 19.7. The molecule has 4 rings (SSSR count). The number of nitrogens with zero attached hydrogens (tertiary/aromatic N) is 1. The van der Waals surface area contributed by atoms with Crippen LogP contribution < -0.4 is 10.1 Å². The van der Waals surface area contributed by atoms with E-state index >= 15 is 0 Å². The van der Waals surface area contributed by atoms with Gasteiger partial charge in [-0.05, 0) is 67.9 Å². The van der Waals surface area contributed by atoms with Crippen LogP contribution in [0.3, 0.4) is 0 Å². The molecule has 0 aromatic heterocycles. The number of ether oxygens (including phenoxy) is 1. The molecule has 2 aliphatic rings. The van der Waals surface area contributed by atoms with E-state index in [1.54, 1.807) is 0 Å². The van der Waals surface area contributed by atoms with E-state index in [-0.39, 0.29) is 25.1 Å². The summed E-state index contributed by atoms with van der Waals surface area (Å²) >= 11 is 0. The van der Waals surface area contributed by atoms with Crippen LogP contribution in [0.2, 0.25) is 0 Å². The number of imide groups is 1. The number of carbonyl (C=O) groups excluding carboxylic acids is 2. The summed E-state index contributed by atoms with van der Waals surface area (Å²) in [7, 11) is 0. The van der Waals surface area contributed by atoms with E-state index in [0.29, 0.717) is 6.42 Å². The van der Waals surface area contributed by atoms with Crippen LogP contribution in [0.25, 0.3) is 0 Å². The Morgan fingerprint density at radius 3 is 2.79 bits per heavy atom. The normalized spacial score (nSPS) is 21.4. The number of amides is 3. The van der Waals surface area contributed by atoms with E-state index in [4.69, 9.17) is 4.74 Å². The van der Waals surface area contributed by atoms with Gasteiger partial charge in [-0.25, -0.2) is 4.79 Å². The molecule has 1 N–H and O–H groups in total. The number of nitrogens with one attached hydrogen (secondary N) is 1. The summed E-state index contributed by atoms with van der Waals surface area (Å²) in [5.41, 5.74) is 3.33. The second-order valence-electron chi connectivity index (χ2n) is 7.77. The van der Waals surface area contributed by atoms with Crippen LogP contribution in [-0.2, 0) is 16.8 Å². The minimum Gasteiger partial charge on any atom is -0.491 e. The molecule has 5 nitrogen and oxygen atoms in total. The first-order valence-corrected chi connectivity index (χ1v) is 9.94. The molecule has 0 bridgehead atoms. The second kappa shape index (κ2) is 7.30. The smallest absolute Gasteiger partial charge is 0.325 e. The van der Waals surface area contributed by atoms with Gasteiger partial charge >= 0.3 is 6.03 Å². The highest BCUT2D eigenvalue weighted by Crippen LogP contribution is 2.38. The molecule has 1 aliphatic heterocycles. The van der Waals surface area contributed by atoms with E-state index in [1.165, 1.54) is 4.90 Å². The van der Waals surface area contributed by atoms with Crippen LogP contribution in [0.15, 0.2) is 42.5 Å². The van der Waals surface area contributed by atoms with Crippen LogP contribution >= 0.6 is 0 Å². The van der Waals surface area contributed by atoms with E-state index in [9.17, 15) is 9.59 Å². The molecule has 1 saturated heterocycles. The lowest BCUT2D eigenvalue weighted by atomic mass is 9.84. The van der Waals surface area contributed by atoms with Crippen molar-refractivity contribution in [1.82, 2.24) is 10.2 Å². The van der Waals surface area contributed by atoms with Gasteiger partial charge < -0.3 is 10.1 Å². The highest BCUT2D eigenvalue weighted by molar-refractivity contribution is 6.07. The first kappa shape index (κ1) is 18.5. The second-order valence-corrected chi connectivity index (χ2v) is 7.77. The Kier molecular flexibility index (Phi) is 4.84. The average molecular weight is 378 g/mol. The van der Waals surface area contributed by atoms with Gasteiger partial charge in [0.25, 0.3) is 5.91 Å². The highest BCUT2D eigenvalue weighted by atomic mass is 16.5. The summed E-state index contributed by atoms with van der Waals surface area (Å²) in [6.45, 7) is 4.51. The molecule has 0 unspecified atom stereocenters. The highest BCUT2D eigenvalue weighted by Gasteiger charge is 2.53. The van der Waals surface area contributed by atoms with Crippen molar-refractivity contribution >= 4 is 11.9 Å². The topological polar surface area (TPSA) is 58.6 Å². The Morgan fingerprint density at radius 2 is 1.93 bits per heavy atom. The summed E-state index contributed by atoms with van der Waals surface area (Å²) in [6, 6.07) is 13.7. The zero-order valence-electron chi connectivity index (χ0n) is 16.5. The molecule has 3 amide bonds.